The SMILES string of the molecule is Cc1ccccc1C(=O)N(CC(=O)Nc1nc(CC(=O)N2CCN(c3ccc([N+](=O)[O-])cc3)CC2)cs1)C1CC1. The summed E-state index contributed by atoms with van der Waals surface area (Å²) in [5.41, 5.74) is 3.00. The standard InChI is InChI=1S/C28H30N6O5S/c1-19-4-2-3-5-24(19)27(37)33(22-8-9-22)17-25(35)30-28-29-20(18-40-28)16-26(36)32-14-12-31(13-15-32)21-6-10-23(11-7-21)34(38)39/h2-7,10-11,18,22H,8-9,12-17H2,1H3,(H,29,30,35). The van der Waals surface area contributed by atoms with Gasteiger partial charge < -0.3 is 20.0 Å². The number of hydrogen-bond donors (Lipinski definition) is 1. The molecule has 3 amide bonds. The van der Waals surface area contributed by atoms with E-state index in [0.29, 0.717) is 42.6 Å². The lowest BCUT2D eigenvalue weighted by Crippen LogP contribution is -2.49. The molecule has 3 aromatic rings. The number of nitro groups is 1. The molecule has 11 nitrogen and oxygen atoms in total. The first-order valence-electron chi connectivity index (χ1n) is 13.2. The second kappa shape index (κ2) is 11.8. The number of aromatic nitrogens is 1. The third kappa shape index (κ3) is 6.45. The molecule has 2 fully saturated rings. The number of benzene rings is 2. The van der Waals surface area contributed by atoms with E-state index in [-0.39, 0.29) is 42.4 Å². The molecule has 2 aliphatic rings. The van der Waals surface area contributed by atoms with Crippen LogP contribution in [-0.4, -0.2) is 76.2 Å². The number of thiazole rings is 1. The lowest BCUT2D eigenvalue weighted by molar-refractivity contribution is -0.384. The summed E-state index contributed by atoms with van der Waals surface area (Å²) in [5.74, 6) is -0.506. The molecule has 1 aliphatic heterocycles. The quantitative estimate of drug-likeness (QED) is 0.312. The molecular formula is C28H30N6O5S. The van der Waals surface area contributed by atoms with Gasteiger partial charge in [0.15, 0.2) is 5.13 Å². The molecule has 1 aliphatic carbocycles. The molecule has 2 aromatic carbocycles. The summed E-state index contributed by atoms with van der Waals surface area (Å²) in [6, 6.07) is 13.9. The molecule has 5 rings (SSSR count). The molecule has 1 saturated carbocycles. The maximum absolute atomic E-state index is 13.1. The Balaban J connectivity index is 1.11. The highest BCUT2D eigenvalue weighted by molar-refractivity contribution is 7.13. The molecule has 12 heteroatoms. The van der Waals surface area contributed by atoms with E-state index in [2.05, 4.69) is 15.2 Å². The Hall–Kier alpha value is -4.32. The summed E-state index contributed by atoms with van der Waals surface area (Å²) in [5, 5.41) is 15.8. The highest BCUT2D eigenvalue weighted by Crippen LogP contribution is 2.29. The number of aryl methyl sites for hydroxylation is 1. The van der Waals surface area contributed by atoms with E-state index >= 15 is 0 Å². The van der Waals surface area contributed by atoms with Crippen molar-refractivity contribution in [3.8, 4) is 0 Å². The molecule has 0 spiro atoms. The molecule has 0 bridgehead atoms. The minimum Gasteiger partial charge on any atom is -0.368 e. The zero-order valence-electron chi connectivity index (χ0n) is 22.1. The Morgan fingerprint density at radius 1 is 1.07 bits per heavy atom. The van der Waals surface area contributed by atoms with Gasteiger partial charge in [0.25, 0.3) is 11.6 Å². The molecule has 40 heavy (non-hydrogen) atoms. The topological polar surface area (TPSA) is 129 Å². The van der Waals surface area contributed by atoms with Gasteiger partial charge in [-0.3, -0.25) is 24.5 Å². The second-order valence-electron chi connectivity index (χ2n) is 9.99. The van der Waals surface area contributed by atoms with E-state index in [1.807, 2.05) is 25.1 Å². The fourth-order valence-corrected chi connectivity index (χ4v) is 5.47. The lowest BCUT2D eigenvalue weighted by Gasteiger charge is -2.36. The monoisotopic (exact) mass is 562 g/mol. The first-order chi connectivity index (χ1) is 19.3. The fraction of sp³-hybridized carbons (Fsp3) is 0.357. The van der Waals surface area contributed by atoms with E-state index < -0.39 is 4.92 Å². The average Bonchev–Trinajstić information content (AvgIpc) is 3.71. The van der Waals surface area contributed by atoms with Crippen molar-refractivity contribution >= 4 is 45.6 Å². The number of non-ortho nitro benzene ring substituents is 1. The van der Waals surface area contributed by atoms with Crippen molar-refractivity contribution in [3.05, 3.63) is 80.8 Å². The Morgan fingerprint density at radius 3 is 2.42 bits per heavy atom. The van der Waals surface area contributed by atoms with Gasteiger partial charge in [-0.1, -0.05) is 18.2 Å². The van der Waals surface area contributed by atoms with Crippen LogP contribution in [0.5, 0.6) is 0 Å². The zero-order chi connectivity index (χ0) is 28.2. The number of hydrogen-bond acceptors (Lipinski definition) is 8. The molecule has 2 heterocycles. The van der Waals surface area contributed by atoms with Gasteiger partial charge in [0.1, 0.15) is 6.54 Å². The second-order valence-corrected chi connectivity index (χ2v) is 10.8. The molecule has 1 saturated heterocycles. The summed E-state index contributed by atoms with van der Waals surface area (Å²) < 4.78 is 0. The lowest BCUT2D eigenvalue weighted by atomic mass is 10.1. The van der Waals surface area contributed by atoms with E-state index in [9.17, 15) is 24.5 Å². The fourth-order valence-electron chi connectivity index (χ4n) is 4.75. The maximum Gasteiger partial charge on any atom is 0.269 e. The number of nitrogens with one attached hydrogen (secondary N) is 1. The van der Waals surface area contributed by atoms with Crippen LogP contribution in [0.1, 0.15) is 34.5 Å². The molecule has 0 radical (unpaired) electrons. The highest BCUT2D eigenvalue weighted by atomic mass is 32.1. The van der Waals surface area contributed by atoms with Crippen molar-refractivity contribution in [1.29, 1.82) is 0 Å². The van der Waals surface area contributed by atoms with E-state index in [4.69, 9.17) is 0 Å². The van der Waals surface area contributed by atoms with E-state index in [0.717, 1.165) is 24.1 Å². The van der Waals surface area contributed by atoms with E-state index in [1.54, 1.807) is 33.4 Å². The number of nitro benzene ring substituents is 1. The Labute approximate surface area is 235 Å². The largest absolute Gasteiger partial charge is 0.368 e. The van der Waals surface area contributed by atoms with Crippen molar-refractivity contribution in [3.63, 3.8) is 0 Å². The van der Waals surface area contributed by atoms with Gasteiger partial charge in [-0.15, -0.1) is 11.3 Å². The summed E-state index contributed by atoms with van der Waals surface area (Å²) >= 11 is 1.25. The Bertz CT molecular complexity index is 1410. The average molecular weight is 563 g/mol. The molecule has 1 aromatic heterocycles. The van der Waals surface area contributed by atoms with Gasteiger partial charge in [0.2, 0.25) is 11.8 Å². The van der Waals surface area contributed by atoms with Crippen LogP contribution in [0.15, 0.2) is 53.9 Å². The number of carbonyl (C=O) groups excluding carboxylic acids is 3. The minimum atomic E-state index is -0.424. The maximum atomic E-state index is 13.1. The van der Waals surface area contributed by atoms with Crippen molar-refractivity contribution in [2.24, 2.45) is 0 Å². The van der Waals surface area contributed by atoms with Gasteiger partial charge in [-0.2, -0.15) is 0 Å². The number of anilines is 2. The van der Waals surface area contributed by atoms with Crippen LogP contribution in [0.4, 0.5) is 16.5 Å². The number of piperazine rings is 1. The first-order valence-corrected chi connectivity index (χ1v) is 14.0. The normalized spacial score (nSPS) is 15.0. The van der Waals surface area contributed by atoms with Crippen molar-refractivity contribution < 1.29 is 19.3 Å². The molecular weight excluding hydrogens is 532 g/mol. The molecule has 1 N–H and O–H groups in total. The van der Waals surface area contributed by atoms with E-state index in [1.165, 1.54) is 23.5 Å². The third-order valence-corrected chi connectivity index (χ3v) is 7.93. The van der Waals surface area contributed by atoms with Crippen molar-refractivity contribution in [1.82, 2.24) is 14.8 Å². The number of nitrogens with zero attached hydrogens (tertiary/aromatic N) is 5. The third-order valence-electron chi connectivity index (χ3n) is 7.13. The van der Waals surface area contributed by atoms with Gasteiger partial charge in [0.05, 0.1) is 17.0 Å². The number of amides is 3. The highest BCUT2D eigenvalue weighted by Gasteiger charge is 2.35. The molecule has 0 unspecified atom stereocenters. The van der Waals surface area contributed by atoms with Crippen LogP contribution in [0.3, 0.4) is 0 Å². The van der Waals surface area contributed by atoms with Crippen LogP contribution < -0.4 is 10.2 Å². The molecule has 0 atom stereocenters. The summed E-state index contributed by atoms with van der Waals surface area (Å²) in [7, 11) is 0. The Morgan fingerprint density at radius 2 is 1.77 bits per heavy atom. The first kappa shape index (κ1) is 27.3. The molecule has 208 valence electrons. The summed E-state index contributed by atoms with van der Waals surface area (Å²) in [6.45, 7) is 4.16. The Kier molecular flexibility index (Phi) is 8.06. The van der Waals surface area contributed by atoms with Crippen LogP contribution in [0.25, 0.3) is 0 Å². The van der Waals surface area contributed by atoms with Crippen LogP contribution >= 0.6 is 11.3 Å². The smallest absolute Gasteiger partial charge is 0.269 e. The van der Waals surface area contributed by atoms with Gasteiger partial charge >= 0.3 is 0 Å². The van der Waals surface area contributed by atoms with Crippen molar-refractivity contribution in [2.75, 3.05) is 42.9 Å². The predicted molar refractivity (Wildman–Crippen MR) is 152 cm³/mol. The minimum absolute atomic E-state index is 0.0461. The van der Waals surface area contributed by atoms with Crippen LogP contribution in [-0.2, 0) is 16.0 Å². The van der Waals surface area contributed by atoms with Gasteiger partial charge in [-0.05, 0) is 43.5 Å². The summed E-state index contributed by atoms with van der Waals surface area (Å²) in [6.07, 6.45) is 1.90. The van der Waals surface area contributed by atoms with Crippen molar-refractivity contribution in [2.45, 2.75) is 32.2 Å². The van der Waals surface area contributed by atoms with Crippen LogP contribution in [0, 0.1) is 17.0 Å². The van der Waals surface area contributed by atoms with Gasteiger partial charge in [0, 0.05) is 61.0 Å². The van der Waals surface area contributed by atoms with Gasteiger partial charge in [-0.25, -0.2) is 4.98 Å². The number of carbonyl (C=O) groups is 3. The van der Waals surface area contributed by atoms with Crippen LogP contribution in [0.2, 0.25) is 0 Å². The number of rotatable bonds is 9. The summed E-state index contributed by atoms with van der Waals surface area (Å²) in [4.78, 5) is 59.2. The predicted octanol–water partition coefficient (Wildman–Crippen LogP) is 3.49. The zero-order valence-corrected chi connectivity index (χ0v) is 22.9.